The van der Waals surface area contributed by atoms with Crippen LogP contribution in [-0.2, 0) is 4.79 Å². The van der Waals surface area contributed by atoms with Crippen LogP contribution in [0.25, 0.3) is 0 Å². The van der Waals surface area contributed by atoms with Gasteiger partial charge in [0.2, 0.25) is 0 Å². The van der Waals surface area contributed by atoms with Crippen LogP contribution in [0.2, 0.25) is 10.0 Å². The first-order chi connectivity index (χ1) is 11.0. The summed E-state index contributed by atoms with van der Waals surface area (Å²) in [7, 11) is 0. The van der Waals surface area contributed by atoms with Crippen LogP contribution in [0.3, 0.4) is 0 Å². The Bertz CT molecular complexity index is 607. The number of anilines is 1. The molecule has 0 bridgehead atoms. The van der Waals surface area contributed by atoms with Crippen LogP contribution in [0.5, 0.6) is 0 Å². The monoisotopic (exact) mass is 354 g/mol. The maximum Gasteiger partial charge on any atom is 0.267 e. The highest BCUT2D eigenvalue weighted by Crippen LogP contribution is 2.25. The number of hydrogen-bond acceptors (Lipinski definition) is 4. The smallest absolute Gasteiger partial charge is 0.267 e. The zero-order valence-electron chi connectivity index (χ0n) is 13.2. The zero-order chi connectivity index (χ0) is 17.2. The van der Waals surface area contributed by atoms with E-state index >= 15 is 0 Å². The second-order valence-electron chi connectivity index (χ2n) is 4.73. The maximum absolute atomic E-state index is 12.1. The first kappa shape index (κ1) is 19.3. The summed E-state index contributed by atoms with van der Waals surface area (Å²) in [5.41, 5.74) is 0.476. The quantitative estimate of drug-likeness (QED) is 0.427. The van der Waals surface area contributed by atoms with E-state index in [0.717, 1.165) is 19.6 Å². The van der Waals surface area contributed by atoms with Crippen molar-refractivity contribution >= 4 is 34.8 Å². The summed E-state index contributed by atoms with van der Waals surface area (Å²) in [6.07, 6.45) is 1.43. The molecule has 2 N–H and O–H groups in total. The maximum atomic E-state index is 12.1. The Balaban J connectivity index is 2.59. The van der Waals surface area contributed by atoms with E-state index in [-0.39, 0.29) is 5.57 Å². The molecule has 0 radical (unpaired) electrons. The van der Waals surface area contributed by atoms with Crippen LogP contribution in [0.1, 0.15) is 13.8 Å². The van der Waals surface area contributed by atoms with Crippen molar-refractivity contribution in [1.82, 2.24) is 10.2 Å². The van der Waals surface area contributed by atoms with Gasteiger partial charge < -0.3 is 15.5 Å². The van der Waals surface area contributed by atoms with Crippen LogP contribution < -0.4 is 10.6 Å². The number of nitrogens with zero attached hydrogens (tertiary/aromatic N) is 2. The third-order valence-electron chi connectivity index (χ3n) is 3.26. The number of halogens is 2. The number of rotatable bonds is 8. The van der Waals surface area contributed by atoms with Crippen LogP contribution in [-0.4, -0.2) is 37.0 Å². The van der Waals surface area contributed by atoms with Crippen LogP contribution in [0, 0.1) is 11.3 Å². The molecule has 0 aliphatic rings. The van der Waals surface area contributed by atoms with Gasteiger partial charge in [0.15, 0.2) is 0 Å². The SMILES string of the molecule is CCN(CC)CCN/C=C(/C#N)C(=O)Nc1ccc(Cl)c(Cl)c1. The summed E-state index contributed by atoms with van der Waals surface area (Å²) >= 11 is 11.7. The predicted molar refractivity (Wildman–Crippen MR) is 94.6 cm³/mol. The van der Waals surface area contributed by atoms with Crippen LogP contribution >= 0.6 is 23.2 Å². The molecule has 0 spiro atoms. The molecule has 0 atom stereocenters. The first-order valence-electron chi connectivity index (χ1n) is 7.34. The van der Waals surface area contributed by atoms with Gasteiger partial charge in [0.1, 0.15) is 11.6 Å². The van der Waals surface area contributed by atoms with Crippen LogP contribution in [0.4, 0.5) is 5.69 Å². The molecule has 0 heterocycles. The van der Waals surface area contributed by atoms with Crippen LogP contribution in [0.15, 0.2) is 30.0 Å². The minimum Gasteiger partial charge on any atom is -0.388 e. The number of carbonyl (C=O) groups excluding carboxylic acids is 1. The van der Waals surface area contributed by atoms with E-state index in [0.29, 0.717) is 22.3 Å². The van der Waals surface area contributed by atoms with Crippen molar-refractivity contribution in [2.45, 2.75) is 13.8 Å². The van der Waals surface area contributed by atoms with Crippen molar-refractivity contribution < 1.29 is 4.79 Å². The number of likely N-dealkylation sites (N-methyl/N-ethyl adjacent to an activating group) is 1. The minimum absolute atomic E-state index is 0.00406. The lowest BCUT2D eigenvalue weighted by molar-refractivity contribution is -0.112. The standard InChI is InChI=1S/C16H20Cl2N4O/c1-3-22(4-2)8-7-20-11-12(10-19)16(23)21-13-5-6-14(17)15(18)9-13/h5-6,9,11,20H,3-4,7-8H2,1-2H3,(H,21,23)/b12-11-. The topological polar surface area (TPSA) is 68.2 Å². The fourth-order valence-electron chi connectivity index (χ4n) is 1.86. The lowest BCUT2D eigenvalue weighted by Gasteiger charge is -2.17. The van der Waals surface area contributed by atoms with Crippen molar-refractivity contribution in [3.63, 3.8) is 0 Å². The average molecular weight is 355 g/mol. The van der Waals surface area contributed by atoms with E-state index in [2.05, 4.69) is 29.4 Å². The van der Waals surface area contributed by atoms with Gasteiger partial charge in [-0.25, -0.2) is 0 Å². The van der Waals surface area contributed by atoms with Gasteiger partial charge in [-0.3, -0.25) is 4.79 Å². The summed E-state index contributed by atoms with van der Waals surface area (Å²) in [5, 5.41) is 15.4. The molecule has 0 fully saturated rings. The Hall–Kier alpha value is -1.74. The normalized spacial score (nSPS) is 11.2. The molecular formula is C16H20Cl2N4O. The summed E-state index contributed by atoms with van der Waals surface area (Å²) in [5.74, 6) is -0.499. The minimum atomic E-state index is -0.499. The third-order valence-corrected chi connectivity index (χ3v) is 3.99. The molecule has 0 aromatic heterocycles. The molecule has 0 aliphatic carbocycles. The highest BCUT2D eigenvalue weighted by Gasteiger charge is 2.10. The molecule has 5 nitrogen and oxygen atoms in total. The van der Waals surface area contributed by atoms with Gasteiger partial charge >= 0.3 is 0 Å². The molecule has 1 aromatic rings. The summed E-state index contributed by atoms with van der Waals surface area (Å²) in [6.45, 7) is 7.61. The first-order valence-corrected chi connectivity index (χ1v) is 8.09. The lowest BCUT2D eigenvalue weighted by Crippen LogP contribution is -2.30. The average Bonchev–Trinajstić information content (AvgIpc) is 2.54. The number of nitriles is 1. The zero-order valence-corrected chi connectivity index (χ0v) is 14.7. The molecule has 7 heteroatoms. The van der Waals surface area contributed by atoms with Crippen molar-refractivity contribution in [3.8, 4) is 6.07 Å². The highest BCUT2D eigenvalue weighted by molar-refractivity contribution is 6.42. The predicted octanol–water partition coefficient (Wildman–Crippen LogP) is 3.27. The number of carbonyl (C=O) groups is 1. The molecule has 1 amide bonds. The van der Waals surface area contributed by atoms with E-state index in [9.17, 15) is 4.79 Å². The van der Waals surface area contributed by atoms with E-state index in [1.807, 2.05) is 6.07 Å². The van der Waals surface area contributed by atoms with Gasteiger partial charge in [0, 0.05) is 25.0 Å². The molecule has 0 aliphatic heterocycles. The van der Waals surface area contributed by atoms with Gasteiger partial charge in [-0.15, -0.1) is 0 Å². The van der Waals surface area contributed by atoms with Gasteiger partial charge in [-0.2, -0.15) is 5.26 Å². The number of nitrogens with one attached hydrogen (secondary N) is 2. The summed E-state index contributed by atoms with van der Waals surface area (Å²) < 4.78 is 0. The highest BCUT2D eigenvalue weighted by atomic mass is 35.5. The van der Waals surface area contributed by atoms with Crippen molar-refractivity contribution in [1.29, 1.82) is 5.26 Å². The third kappa shape index (κ3) is 6.49. The summed E-state index contributed by atoms with van der Waals surface area (Å²) in [4.78, 5) is 14.3. The van der Waals surface area contributed by atoms with E-state index in [4.69, 9.17) is 28.5 Å². The van der Waals surface area contributed by atoms with Gasteiger partial charge in [-0.1, -0.05) is 37.0 Å². The van der Waals surface area contributed by atoms with Crippen molar-refractivity contribution in [2.24, 2.45) is 0 Å². The Morgan fingerprint density at radius 1 is 1.30 bits per heavy atom. The fraction of sp³-hybridized carbons (Fsp3) is 0.375. The lowest BCUT2D eigenvalue weighted by atomic mass is 10.2. The van der Waals surface area contributed by atoms with E-state index < -0.39 is 5.91 Å². The van der Waals surface area contributed by atoms with Gasteiger partial charge in [0.05, 0.1) is 10.0 Å². The molecule has 0 unspecified atom stereocenters. The number of benzene rings is 1. The molecule has 1 aromatic carbocycles. The molecule has 0 saturated heterocycles. The molecule has 23 heavy (non-hydrogen) atoms. The van der Waals surface area contributed by atoms with E-state index in [1.54, 1.807) is 12.1 Å². The van der Waals surface area contributed by atoms with E-state index in [1.165, 1.54) is 12.3 Å². The van der Waals surface area contributed by atoms with Crippen molar-refractivity contribution in [2.75, 3.05) is 31.5 Å². The number of hydrogen-bond donors (Lipinski definition) is 2. The number of amides is 1. The fourth-order valence-corrected chi connectivity index (χ4v) is 2.16. The molecule has 1 rings (SSSR count). The van der Waals surface area contributed by atoms with Crippen molar-refractivity contribution in [3.05, 3.63) is 40.0 Å². The molecule has 124 valence electrons. The Kier molecular flexibility index (Phi) is 8.49. The Morgan fingerprint density at radius 2 is 2.00 bits per heavy atom. The second-order valence-corrected chi connectivity index (χ2v) is 5.55. The van der Waals surface area contributed by atoms with Gasteiger partial charge in [-0.05, 0) is 31.3 Å². The molecule has 0 saturated carbocycles. The second kappa shape index (κ2) is 10.1. The molecular weight excluding hydrogens is 335 g/mol. The summed E-state index contributed by atoms with van der Waals surface area (Å²) in [6, 6.07) is 6.61. The largest absolute Gasteiger partial charge is 0.388 e. The Labute approximate surface area is 146 Å². The Morgan fingerprint density at radius 3 is 2.57 bits per heavy atom. The van der Waals surface area contributed by atoms with Gasteiger partial charge in [0.25, 0.3) is 5.91 Å².